The van der Waals surface area contributed by atoms with E-state index in [1.165, 1.54) is 0 Å². The number of rotatable bonds is 3. The molecule has 0 aliphatic carbocycles. The molecule has 4 nitrogen and oxygen atoms in total. The van der Waals surface area contributed by atoms with Crippen LogP contribution in [0.1, 0.15) is 41.7 Å². The molecule has 1 atom stereocenters. The SMILES string of the molecule is Cl.Cl.NCCC1CCCCN1C(=O)c1ccc(C(F)(F)F)cn1. The summed E-state index contributed by atoms with van der Waals surface area (Å²) in [5.74, 6) is -0.318. The number of nitrogens with zero attached hydrogens (tertiary/aromatic N) is 2. The minimum absolute atomic E-state index is 0. The Morgan fingerprint density at radius 1 is 1.30 bits per heavy atom. The van der Waals surface area contributed by atoms with Crippen molar-refractivity contribution in [3.05, 3.63) is 29.6 Å². The number of hydrogen-bond acceptors (Lipinski definition) is 3. The molecule has 0 bridgehead atoms. The second-order valence-electron chi connectivity index (χ2n) is 5.16. The molecule has 1 fully saturated rings. The van der Waals surface area contributed by atoms with Gasteiger partial charge in [0, 0.05) is 18.8 Å². The van der Waals surface area contributed by atoms with Crippen LogP contribution in [0.25, 0.3) is 0 Å². The van der Waals surface area contributed by atoms with Crippen molar-refractivity contribution >= 4 is 30.7 Å². The van der Waals surface area contributed by atoms with Crippen molar-refractivity contribution < 1.29 is 18.0 Å². The van der Waals surface area contributed by atoms with Gasteiger partial charge in [-0.25, -0.2) is 0 Å². The van der Waals surface area contributed by atoms with Gasteiger partial charge in [-0.1, -0.05) is 0 Å². The summed E-state index contributed by atoms with van der Waals surface area (Å²) in [6, 6.07) is 2.09. The average molecular weight is 374 g/mol. The molecule has 2 rings (SSSR count). The van der Waals surface area contributed by atoms with Crippen LogP contribution in [0, 0.1) is 0 Å². The first-order valence-corrected chi connectivity index (χ1v) is 6.98. The van der Waals surface area contributed by atoms with Gasteiger partial charge in [0.2, 0.25) is 0 Å². The van der Waals surface area contributed by atoms with Crippen molar-refractivity contribution in [1.82, 2.24) is 9.88 Å². The van der Waals surface area contributed by atoms with Crippen LogP contribution in [0.5, 0.6) is 0 Å². The molecule has 9 heteroatoms. The van der Waals surface area contributed by atoms with Crippen LogP contribution in [-0.4, -0.2) is 34.9 Å². The number of likely N-dealkylation sites (tertiary alicyclic amines) is 1. The number of halogens is 5. The van der Waals surface area contributed by atoms with Gasteiger partial charge in [0.15, 0.2) is 0 Å². The Hall–Kier alpha value is -1.05. The lowest BCUT2D eigenvalue weighted by atomic mass is 9.99. The highest BCUT2D eigenvalue weighted by molar-refractivity contribution is 5.92. The van der Waals surface area contributed by atoms with Crippen LogP contribution in [-0.2, 0) is 6.18 Å². The second-order valence-corrected chi connectivity index (χ2v) is 5.16. The van der Waals surface area contributed by atoms with E-state index in [1.54, 1.807) is 4.90 Å². The minimum atomic E-state index is -4.44. The van der Waals surface area contributed by atoms with E-state index in [2.05, 4.69) is 4.98 Å². The van der Waals surface area contributed by atoms with E-state index in [-0.39, 0.29) is 42.5 Å². The molecule has 0 spiro atoms. The maximum atomic E-state index is 12.5. The quantitative estimate of drug-likeness (QED) is 0.884. The van der Waals surface area contributed by atoms with Gasteiger partial charge in [-0.05, 0) is 44.4 Å². The predicted molar refractivity (Wildman–Crippen MR) is 86.1 cm³/mol. The molecular weight excluding hydrogens is 354 g/mol. The Morgan fingerprint density at radius 3 is 2.52 bits per heavy atom. The highest BCUT2D eigenvalue weighted by atomic mass is 35.5. The summed E-state index contributed by atoms with van der Waals surface area (Å²) in [5, 5.41) is 0. The van der Waals surface area contributed by atoms with Gasteiger partial charge in [0.1, 0.15) is 5.69 Å². The standard InChI is InChI=1S/C14H18F3N3O.2ClH/c15-14(16,17)10-4-5-12(19-9-10)13(21)20-8-2-1-3-11(20)6-7-18;;/h4-5,9,11H,1-3,6-8,18H2;2*1H. The zero-order valence-electron chi connectivity index (χ0n) is 12.4. The van der Waals surface area contributed by atoms with Gasteiger partial charge >= 0.3 is 6.18 Å². The van der Waals surface area contributed by atoms with E-state index in [0.29, 0.717) is 25.7 Å². The lowest BCUT2D eigenvalue weighted by Gasteiger charge is -2.35. The zero-order chi connectivity index (χ0) is 15.5. The summed E-state index contributed by atoms with van der Waals surface area (Å²) < 4.78 is 37.5. The summed E-state index contributed by atoms with van der Waals surface area (Å²) >= 11 is 0. The smallest absolute Gasteiger partial charge is 0.334 e. The highest BCUT2D eigenvalue weighted by Crippen LogP contribution is 2.29. The van der Waals surface area contributed by atoms with Crippen LogP contribution >= 0.6 is 24.8 Å². The van der Waals surface area contributed by atoms with Crippen molar-refractivity contribution in [1.29, 1.82) is 0 Å². The van der Waals surface area contributed by atoms with Crippen LogP contribution in [0.15, 0.2) is 18.3 Å². The normalized spacial score (nSPS) is 17.9. The predicted octanol–water partition coefficient (Wildman–Crippen LogP) is 3.29. The molecule has 1 unspecified atom stereocenters. The Bertz CT molecular complexity index is 495. The summed E-state index contributed by atoms with van der Waals surface area (Å²) in [6.07, 6.45) is -0.227. The number of amides is 1. The number of pyridine rings is 1. The Balaban J connectivity index is 0.00000242. The van der Waals surface area contributed by atoms with Gasteiger partial charge in [0.05, 0.1) is 5.56 Å². The van der Waals surface area contributed by atoms with Crippen molar-refractivity contribution in [2.45, 2.75) is 37.9 Å². The summed E-state index contributed by atoms with van der Waals surface area (Å²) in [4.78, 5) is 17.7. The maximum absolute atomic E-state index is 12.5. The number of piperidine rings is 1. The van der Waals surface area contributed by atoms with Gasteiger partial charge in [-0.2, -0.15) is 13.2 Å². The van der Waals surface area contributed by atoms with Crippen molar-refractivity contribution in [3.8, 4) is 0 Å². The number of nitrogens with two attached hydrogens (primary N) is 1. The van der Waals surface area contributed by atoms with E-state index >= 15 is 0 Å². The molecular formula is C14H20Cl2F3N3O. The molecule has 1 aromatic heterocycles. The topological polar surface area (TPSA) is 59.2 Å². The number of hydrogen-bond donors (Lipinski definition) is 1. The third-order valence-corrected chi connectivity index (χ3v) is 3.70. The van der Waals surface area contributed by atoms with Gasteiger partial charge in [-0.15, -0.1) is 24.8 Å². The minimum Gasteiger partial charge on any atom is -0.334 e. The van der Waals surface area contributed by atoms with E-state index < -0.39 is 11.7 Å². The molecule has 23 heavy (non-hydrogen) atoms. The first-order chi connectivity index (χ1) is 9.93. The Kier molecular flexibility index (Phi) is 8.87. The average Bonchev–Trinajstić information content (AvgIpc) is 2.47. The number of alkyl halides is 3. The monoisotopic (exact) mass is 373 g/mol. The van der Waals surface area contributed by atoms with E-state index in [1.807, 2.05) is 0 Å². The van der Waals surface area contributed by atoms with Crippen LogP contribution < -0.4 is 5.73 Å². The summed E-state index contributed by atoms with van der Waals surface area (Å²) in [7, 11) is 0. The fourth-order valence-corrected chi connectivity index (χ4v) is 2.60. The molecule has 1 aliphatic heterocycles. The largest absolute Gasteiger partial charge is 0.417 e. The first kappa shape index (κ1) is 21.9. The number of carbonyl (C=O) groups excluding carboxylic acids is 1. The summed E-state index contributed by atoms with van der Waals surface area (Å²) in [5.41, 5.74) is 4.75. The maximum Gasteiger partial charge on any atom is 0.417 e. The third kappa shape index (κ3) is 5.51. The van der Waals surface area contributed by atoms with E-state index in [4.69, 9.17) is 5.73 Å². The fourth-order valence-electron chi connectivity index (χ4n) is 2.60. The molecule has 0 saturated carbocycles. The Morgan fingerprint density at radius 2 is 2.00 bits per heavy atom. The number of aromatic nitrogens is 1. The Labute approximate surface area is 145 Å². The molecule has 2 N–H and O–H groups in total. The van der Waals surface area contributed by atoms with Gasteiger partial charge in [-0.3, -0.25) is 9.78 Å². The number of carbonyl (C=O) groups is 1. The fraction of sp³-hybridized carbons (Fsp3) is 0.571. The molecule has 1 saturated heterocycles. The first-order valence-electron chi connectivity index (χ1n) is 6.98. The molecule has 1 amide bonds. The van der Waals surface area contributed by atoms with Gasteiger partial charge in [0.25, 0.3) is 5.91 Å². The van der Waals surface area contributed by atoms with Crippen molar-refractivity contribution in [2.75, 3.05) is 13.1 Å². The summed E-state index contributed by atoms with van der Waals surface area (Å²) in [6.45, 7) is 1.08. The zero-order valence-corrected chi connectivity index (χ0v) is 14.0. The van der Waals surface area contributed by atoms with E-state index in [0.717, 1.165) is 31.4 Å². The van der Waals surface area contributed by atoms with Crippen molar-refractivity contribution in [2.24, 2.45) is 5.73 Å². The van der Waals surface area contributed by atoms with E-state index in [9.17, 15) is 18.0 Å². The van der Waals surface area contributed by atoms with Gasteiger partial charge < -0.3 is 10.6 Å². The molecule has 1 aromatic rings. The second kappa shape index (κ2) is 9.30. The molecule has 0 radical (unpaired) electrons. The van der Waals surface area contributed by atoms with Crippen LogP contribution in [0.2, 0.25) is 0 Å². The van der Waals surface area contributed by atoms with Crippen LogP contribution in [0.3, 0.4) is 0 Å². The molecule has 132 valence electrons. The molecule has 0 aromatic carbocycles. The lowest BCUT2D eigenvalue weighted by Crippen LogP contribution is -2.44. The molecule has 1 aliphatic rings. The highest BCUT2D eigenvalue weighted by Gasteiger charge is 2.32. The lowest BCUT2D eigenvalue weighted by molar-refractivity contribution is -0.137. The van der Waals surface area contributed by atoms with Crippen molar-refractivity contribution in [3.63, 3.8) is 0 Å². The van der Waals surface area contributed by atoms with Crippen LogP contribution in [0.4, 0.5) is 13.2 Å². The third-order valence-electron chi connectivity index (χ3n) is 3.70. The molecule has 2 heterocycles.